The van der Waals surface area contributed by atoms with E-state index in [4.69, 9.17) is 5.73 Å². The number of nitrogens with two attached hydrogens (primary N) is 1. The first-order valence-corrected chi connectivity index (χ1v) is 8.40. The molecule has 0 aromatic rings. The normalized spacial score (nSPS) is 37.0. The van der Waals surface area contributed by atoms with Crippen molar-refractivity contribution in [1.82, 2.24) is 10.2 Å². The fourth-order valence-electron chi connectivity index (χ4n) is 4.73. The van der Waals surface area contributed by atoms with Crippen LogP contribution in [0.2, 0.25) is 0 Å². The maximum Gasteiger partial charge on any atom is 0.225 e. The fourth-order valence-corrected chi connectivity index (χ4v) is 4.73. The van der Waals surface area contributed by atoms with Crippen LogP contribution in [0.3, 0.4) is 0 Å². The van der Waals surface area contributed by atoms with Gasteiger partial charge in [0.1, 0.15) is 0 Å². The van der Waals surface area contributed by atoms with Gasteiger partial charge in [-0.15, -0.1) is 0 Å². The molecule has 0 aliphatic heterocycles. The molecule has 0 saturated heterocycles. The summed E-state index contributed by atoms with van der Waals surface area (Å²) in [6.07, 6.45) is 8.99. The minimum atomic E-state index is 0.0885. The highest BCUT2D eigenvalue weighted by Gasteiger charge is 2.48. The molecule has 2 bridgehead atoms. The zero-order valence-electron chi connectivity index (χ0n) is 12.7. The van der Waals surface area contributed by atoms with Crippen molar-refractivity contribution in [3.8, 4) is 0 Å². The molecule has 4 heteroatoms. The number of carbonyl (C=O) groups excluding carboxylic acids is 1. The third-order valence-electron chi connectivity index (χ3n) is 6.00. The molecule has 0 aromatic carbocycles. The standard InChI is InChI=1S/C16H29N3O/c1-19(13-4-2-3-5-13)9-8-18-16(20)14-11-6-7-12(10-11)15(14)17/h11-15H,2-10,17H2,1H3,(H,18,20). The molecule has 0 heterocycles. The zero-order valence-corrected chi connectivity index (χ0v) is 12.7. The molecule has 114 valence electrons. The number of nitrogens with zero attached hydrogens (tertiary/aromatic N) is 1. The number of hydrogen-bond acceptors (Lipinski definition) is 3. The van der Waals surface area contributed by atoms with E-state index in [1.165, 1.54) is 44.9 Å². The van der Waals surface area contributed by atoms with Crippen molar-refractivity contribution in [2.45, 2.75) is 57.0 Å². The van der Waals surface area contributed by atoms with Crippen LogP contribution in [0.25, 0.3) is 0 Å². The number of fused-ring (bicyclic) bond motifs is 2. The molecular weight excluding hydrogens is 250 g/mol. The average molecular weight is 279 g/mol. The highest BCUT2D eigenvalue weighted by molar-refractivity contribution is 5.80. The van der Waals surface area contributed by atoms with Crippen LogP contribution < -0.4 is 11.1 Å². The fraction of sp³-hybridized carbons (Fsp3) is 0.938. The molecule has 3 aliphatic carbocycles. The Balaban J connectivity index is 1.41. The molecule has 0 spiro atoms. The molecule has 4 atom stereocenters. The lowest BCUT2D eigenvalue weighted by atomic mass is 9.84. The summed E-state index contributed by atoms with van der Waals surface area (Å²) in [7, 11) is 2.19. The van der Waals surface area contributed by atoms with Crippen LogP contribution in [0.1, 0.15) is 44.9 Å². The van der Waals surface area contributed by atoms with Gasteiger partial charge in [0.15, 0.2) is 0 Å². The van der Waals surface area contributed by atoms with E-state index in [1.54, 1.807) is 0 Å². The molecule has 3 fully saturated rings. The zero-order chi connectivity index (χ0) is 14.1. The van der Waals surface area contributed by atoms with Gasteiger partial charge in [-0.2, -0.15) is 0 Å². The number of likely N-dealkylation sites (N-methyl/N-ethyl adjacent to an activating group) is 1. The van der Waals surface area contributed by atoms with Gasteiger partial charge in [0.2, 0.25) is 5.91 Å². The van der Waals surface area contributed by atoms with E-state index in [0.29, 0.717) is 11.8 Å². The lowest BCUT2D eigenvalue weighted by Gasteiger charge is -2.28. The second-order valence-corrected chi connectivity index (χ2v) is 7.15. The largest absolute Gasteiger partial charge is 0.355 e. The number of amides is 1. The monoisotopic (exact) mass is 279 g/mol. The SMILES string of the molecule is CN(CCNC(=O)C1C2CCC(C2)C1N)C1CCCC1. The van der Waals surface area contributed by atoms with Crippen LogP contribution >= 0.6 is 0 Å². The molecular formula is C16H29N3O. The first-order chi connectivity index (χ1) is 9.66. The third kappa shape index (κ3) is 2.73. The maximum atomic E-state index is 12.3. The summed E-state index contributed by atoms with van der Waals surface area (Å²) >= 11 is 0. The molecule has 3 N–H and O–H groups in total. The highest BCUT2D eigenvalue weighted by Crippen LogP contribution is 2.47. The molecule has 3 rings (SSSR count). The molecule has 3 aliphatic rings. The smallest absolute Gasteiger partial charge is 0.225 e. The van der Waals surface area contributed by atoms with E-state index in [0.717, 1.165) is 19.1 Å². The lowest BCUT2D eigenvalue weighted by molar-refractivity contribution is -0.127. The second kappa shape index (κ2) is 6.02. The molecule has 0 radical (unpaired) electrons. The first-order valence-electron chi connectivity index (χ1n) is 8.40. The van der Waals surface area contributed by atoms with Crippen molar-refractivity contribution in [2.24, 2.45) is 23.5 Å². The Morgan fingerprint density at radius 3 is 2.55 bits per heavy atom. The Morgan fingerprint density at radius 1 is 1.20 bits per heavy atom. The number of carbonyl (C=O) groups is 1. The van der Waals surface area contributed by atoms with Crippen LogP contribution in [-0.2, 0) is 4.79 Å². The molecule has 1 amide bonds. The van der Waals surface area contributed by atoms with Crippen molar-refractivity contribution in [1.29, 1.82) is 0 Å². The Labute approximate surface area is 122 Å². The van der Waals surface area contributed by atoms with Gasteiger partial charge < -0.3 is 16.0 Å². The number of nitrogens with one attached hydrogen (secondary N) is 1. The van der Waals surface area contributed by atoms with E-state index in [-0.39, 0.29) is 17.9 Å². The van der Waals surface area contributed by atoms with Gasteiger partial charge in [-0.05, 0) is 51.0 Å². The van der Waals surface area contributed by atoms with Crippen molar-refractivity contribution in [2.75, 3.05) is 20.1 Å². The van der Waals surface area contributed by atoms with Crippen LogP contribution in [0.5, 0.6) is 0 Å². The minimum absolute atomic E-state index is 0.0885. The van der Waals surface area contributed by atoms with Gasteiger partial charge in [0.25, 0.3) is 0 Å². The Morgan fingerprint density at radius 2 is 1.90 bits per heavy atom. The second-order valence-electron chi connectivity index (χ2n) is 7.15. The molecule has 4 unspecified atom stereocenters. The van der Waals surface area contributed by atoms with E-state index >= 15 is 0 Å². The van der Waals surface area contributed by atoms with Gasteiger partial charge in [0.05, 0.1) is 5.92 Å². The molecule has 4 nitrogen and oxygen atoms in total. The van der Waals surface area contributed by atoms with Crippen LogP contribution in [-0.4, -0.2) is 43.0 Å². The topological polar surface area (TPSA) is 58.4 Å². The average Bonchev–Trinajstić information content (AvgIpc) is 3.15. The summed E-state index contributed by atoms with van der Waals surface area (Å²) in [5, 5.41) is 3.13. The van der Waals surface area contributed by atoms with Crippen LogP contribution in [0, 0.1) is 17.8 Å². The molecule has 0 aromatic heterocycles. The highest BCUT2D eigenvalue weighted by atomic mass is 16.1. The predicted octanol–water partition coefficient (Wildman–Crippen LogP) is 1.35. The summed E-state index contributed by atoms with van der Waals surface area (Å²) in [5.74, 6) is 1.47. The van der Waals surface area contributed by atoms with Gasteiger partial charge in [-0.25, -0.2) is 0 Å². The van der Waals surface area contributed by atoms with Crippen molar-refractivity contribution < 1.29 is 4.79 Å². The summed E-state index contributed by atoms with van der Waals surface area (Å²) < 4.78 is 0. The van der Waals surface area contributed by atoms with Gasteiger partial charge in [-0.3, -0.25) is 4.79 Å². The van der Waals surface area contributed by atoms with Gasteiger partial charge >= 0.3 is 0 Å². The lowest BCUT2D eigenvalue weighted by Crippen LogP contribution is -2.47. The minimum Gasteiger partial charge on any atom is -0.355 e. The Hall–Kier alpha value is -0.610. The van der Waals surface area contributed by atoms with Crippen molar-refractivity contribution >= 4 is 5.91 Å². The van der Waals surface area contributed by atoms with E-state index in [9.17, 15) is 4.79 Å². The molecule has 20 heavy (non-hydrogen) atoms. The van der Waals surface area contributed by atoms with Gasteiger partial charge in [0, 0.05) is 25.2 Å². The van der Waals surface area contributed by atoms with Gasteiger partial charge in [-0.1, -0.05) is 12.8 Å². The van der Waals surface area contributed by atoms with Crippen LogP contribution in [0.15, 0.2) is 0 Å². The third-order valence-corrected chi connectivity index (χ3v) is 6.00. The van der Waals surface area contributed by atoms with E-state index in [2.05, 4.69) is 17.3 Å². The quantitative estimate of drug-likeness (QED) is 0.799. The number of rotatable bonds is 5. The van der Waals surface area contributed by atoms with Crippen molar-refractivity contribution in [3.63, 3.8) is 0 Å². The van der Waals surface area contributed by atoms with E-state index in [1.807, 2.05) is 0 Å². The Kier molecular flexibility index (Phi) is 4.32. The van der Waals surface area contributed by atoms with Crippen molar-refractivity contribution in [3.05, 3.63) is 0 Å². The first kappa shape index (κ1) is 14.3. The summed E-state index contributed by atoms with van der Waals surface area (Å²) in [6.45, 7) is 1.74. The van der Waals surface area contributed by atoms with Crippen LogP contribution in [0.4, 0.5) is 0 Å². The summed E-state index contributed by atoms with van der Waals surface area (Å²) in [5.41, 5.74) is 6.22. The maximum absolute atomic E-state index is 12.3. The number of hydrogen-bond donors (Lipinski definition) is 2. The van der Waals surface area contributed by atoms with E-state index < -0.39 is 0 Å². The summed E-state index contributed by atoms with van der Waals surface area (Å²) in [4.78, 5) is 14.7. The Bertz CT molecular complexity index is 352. The predicted molar refractivity (Wildman–Crippen MR) is 80.2 cm³/mol. The molecule has 3 saturated carbocycles. The summed E-state index contributed by atoms with van der Waals surface area (Å²) in [6, 6.07) is 0.845.